The van der Waals surface area contributed by atoms with Crippen LogP contribution >= 0.6 is 11.3 Å². The summed E-state index contributed by atoms with van der Waals surface area (Å²) in [6.45, 7) is 0. The molecule has 0 fully saturated rings. The molecule has 7 rings (SSSR count). The monoisotopic (exact) mass is 531 g/mol. The topological polar surface area (TPSA) is 14.1 Å². The summed E-state index contributed by atoms with van der Waals surface area (Å²) >= 11 is 1.88. The summed E-state index contributed by atoms with van der Waals surface area (Å²) in [4.78, 5) is 5.09. The summed E-state index contributed by atoms with van der Waals surface area (Å²) in [5.74, 6) is 0. The Hall–Kier alpha value is -1.57. The first kappa shape index (κ1) is 20.1. The Bertz CT molecular complexity index is 1740. The predicted molar refractivity (Wildman–Crippen MR) is 131 cm³/mol. The van der Waals surface area contributed by atoms with Crippen LogP contribution in [0.2, 0.25) is 0 Å². The van der Waals surface area contributed by atoms with Gasteiger partial charge in [0.1, 0.15) is 0 Å². The molecule has 0 radical (unpaired) electrons. The van der Waals surface area contributed by atoms with Crippen molar-refractivity contribution in [1.82, 2.24) is 4.98 Å². The number of benzene rings is 5. The van der Waals surface area contributed by atoms with E-state index >= 15 is 0 Å². The molecule has 2 aromatic heterocycles. The van der Waals surface area contributed by atoms with E-state index in [9.17, 15) is 0 Å². The van der Waals surface area contributed by atoms with Gasteiger partial charge in [0.25, 0.3) is 0 Å². The Balaban J connectivity index is 0.00000185. The van der Waals surface area contributed by atoms with Crippen LogP contribution in [0, 0.1) is 0 Å². The molecule has 140 valence electrons. The van der Waals surface area contributed by atoms with E-state index in [2.05, 4.69) is 97.1 Å². The number of thiophene rings is 1. The van der Waals surface area contributed by atoms with Crippen molar-refractivity contribution >= 4 is 64.1 Å². The van der Waals surface area contributed by atoms with Gasteiger partial charge < -0.3 is 4.98 Å². The molecule has 2 heterocycles. The summed E-state index contributed by atoms with van der Waals surface area (Å²) in [6.07, 6.45) is 0. The zero-order chi connectivity index (χ0) is 19.7. The molecule has 0 bridgehead atoms. The first-order valence-corrected chi connectivity index (χ1v) is 11.0. The molecule has 0 N–H and O–H groups in total. The average Bonchev–Trinajstić information content (AvgIpc) is 3.37. The molecule has 31 heavy (non-hydrogen) atoms. The maximum absolute atomic E-state index is 5.09. The van der Waals surface area contributed by atoms with Gasteiger partial charge in [-0.1, -0.05) is 91.0 Å². The van der Waals surface area contributed by atoms with E-state index in [0.717, 1.165) is 11.0 Å². The first-order chi connectivity index (χ1) is 14.9. The van der Waals surface area contributed by atoms with Gasteiger partial charge in [-0.25, -0.2) is 0 Å². The van der Waals surface area contributed by atoms with Crippen LogP contribution in [0.15, 0.2) is 97.1 Å². The van der Waals surface area contributed by atoms with E-state index in [1.165, 1.54) is 52.8 Å². The molecule has 7 aromatic rings. The fourth-order valence-corrected chi connectivity index (χ4v) is 5.92. The van der Waals surface area contributed by atoms with Crippen molar-refractivity contribution in [2.75, 3.05) is 0 Å². The molecular weight excluding hydrogens is 515 g/mol. The van der Waals surface area contributed by atoms with Crippen molar-refractivity contribution in [2.24, 2.45) is 0 Å². The van der Waals surface area contributed by atoms with Crippen LogP contribution in [-0.2, 0) is 0 Å². The minimum atomic E-state index is 0. The third-order valence-electron chi connectivity index (χ3n) is 6.14. The SMILES string of the molecule is [Cs+].c1ccc(-c2ccc3c(c2)[n-]c2c3ccc3c2ccc2c4ccccc4sc23)cc1. The molecule has 0 atom stereocenters. The van der Waals surface area contributed by atoms with Gasteiger partial charge in [-0.3, -0.25) is 0 Å². The van der Waals surface area contributed by atoms with Crippen LogP contribution in [0.25, 0.3) is 63.9 Å². The Morgan fingerprint density at radius 1 is 0.516 bits per heavy atom. The zero-order valence-corrected chi connectivity index (χ0v) is 24.2. The molecule has 3 heteroatoms. The number of hydrogen-bond acceptors (Lipinski definition) is 1. The minimum absolute atomic E-state index is 0. The van der Waals surface area contributed by atoms with Gasteiger partial charge in [-0.15, -0.1) is 22.4 Å². The Kier molecular flexibility index (Phi) is 5.04. The van der Waals surface area contributed by atoms with Crippen molar-refractivity contribution < 1.29 is 68.9 Å². The molecule has 5 aromatic carbocycles. The molecule has 0 unspecified atom stereocenters. The number of aromatic nitrogens is 1. The Labute approximate surface area is 242 Å². The van der Waals surface area contributed by atoms with E-state index in [4.69, 9.17) is 4.98 Å². The van der Waals surface area contributed by atoms with Gasteiger partial charge in [-0.05, 0) is 38.7 Å². The minimum Gasteiger partial charge on any atom is -0.656 e. The third-order valence-corrected chi connectivity index (χ3v) is 7.36. The van der Waals surface area contributed by atoms with E-state index in [1.54, 1.807) is 0 Å². The summed E-state index contributed by atoms with van der Waals surface area (Å²) in [7, 11) is 0. The average molecular weight is 531 g/mol. The van der Waals surface area contributed by atoms with Crippen LogP contribution in [0.4, 0.5) is 0 Å². The summed E-state index contributed by atoms with van der Waals surface area (Å²) in [6, 6.07) is 34.9. The number of hydrogen-bond donors (Lipinski definition) is 0. The normalized spacial score (nSPS) is 11.6. The molecular formula is C28H16CsNS. The maximum Gasteiger partial charge on any atom is 1.00 e. The van der Waals surface area contributed by atoms with Crippen LogP contribution in [0.1, 0.15) is 0 Å². The second kappa shape index (κ2) is 7.78. The van der Waals surface area contributed by atoms with E-state index in [1.807, 2.05) is 11.3 Å². The first-order valence-electron chi connectivity index (χ1n) is 10.2. The number of rotatable bonds is 1. The quantitative estimate of drug-likeness (QED) is 0.286. The number of fused-ring (bicyclic) bond motifs is 9. The van der Waals surface area contributed by atoms with Gasteiger partial charge in [0, 0.05) is 20.2 Å². The molecule has 0 amide bonds. The molecule has 1 nitrogen and oxygen atoms in total. The van der Waals surface area contributed by atoms with Crippen LogP contribution in [-0.4, -0.2) is 0 Å². The van der Waals surface area contributed by atoms with Gasteiger partial charge in [0.15, 0.2) is 0 Å². The van der Waals surface area contributed by atoms with Gasteiger partial charge in [-0.2, -0.15) is 0 Å². The maximum atomic E-state index is 5.09. The Morgan fingerprint density at radius 2 is 1.16 bits per heavy atom. The fraction of sp³-hybridized carbons (Fsp3) is 0. The summed E-state index contributed by atoms with van der Waals surface area (Å²) in [5.41, 5.74) is 4.60. The molecule has 0 saturated carbocycles. The molecule has 0 aliphatic rings. The molecule has 0 aliphatic heterocycles. The van der Waals surface area contributed by atoms with Crippen molar-refractivity contribution in [3.8, 4) is 11.1 Å². The van der Waals surface area contributed by atoms with Crippen molar-refractivity contribution in [3.05, 3.63) is 97.1 Å². The van der Waals surface area contributed by atoms with Gasteiger partial charge >= 0.3 is 68.9 Å². The second-order valence-electron chi connectivity index (χ2n) is 7.81. The largest absolute Gasteiger partial charge is 1.00 e. The third kappa shape index (κ3) is 3.07. The van der Waals surface area contributed by atoms with Crippen molar-refractivity contribution in [1.29, 1.82) is 0 Å². The molecule has 0 saturated heterocycles. The smallest absolute Gasteiger partial charge is 0.656 e. The van der Waals surface area contributed by atoms with Gasteiger partial charge in [0.05, 0.1) is 0 Å². The van der Waals surface area contributed by atoms with E-state index in [-0.39, 0.29) is 68.9 Å². The van der Waals surface area contributed by atoms with Crippen molar-refractivity contribution in [3.63, 3.8) is 0 Å². The van der Waals surface area contributed by atoms with E-state index < -0.39 is 0 Å². The van der Waals surface area contributed by atoms with Crippen LogP contribution in [0.3, 0.4) is 0 Å². The number of nitrogens with zero attached hydrogens (tertiary/aromatic N) is 1. The fourth-order valence-electron chi connectivity index (χ4n) is 4.69. The van der Waals surface area contributed by atoms with Gasteiger partial charge in [0.2, 0.25) is 0 Å². The molecule has 0 aliphatic carbocycles. The van der Waals surface area contributed by atoms with Crippen LogP contribution < -0.4 is 73.9 Å². The standard InChI is InChI=1S/C28H16NS.Cs/c1-2-6-17(7-3-1)18-10-11-19-21-12-15-24-22(27(21)29-25(19)16-18)13-14-23-20-8-4-5-9-26(20)30-28(23)24;/h1-16H;/q-1;+1. The second-order valence-corrected chi connectivity index (χ2v) is 8.86. The summed E-state index contributed by atoms with van der Waals surface area (Å²) < 4.78 is 2.70. The predicted octanol–water partition coefficient (Wildman–Crippen LogP) is 5.14. The van der Waals surface area contributed by atoms with Crippen molar-refractivity contribution in [2.45, 2.75) is 0 Å². The Morgan fingerprint density at radius 3 is 2.00 bits per heavy atom. The molecule has 0 spiro atoms. The zero-order valence-electron chi connectivity index (χ0n) is 17.1. The van der Waals surface area contributed by atoms with E-state index in [0.29, 0.717) is 0 Å². The van der Waals surface area contributed by atoms with Crippen LogP contribution in [0.5, 0.6) is 0 Å². The summed E-state index contributed by atoms with van der Waals surface area (Å²) in [5, 5.41) is 7.68.